The summed E-state index contributed by atoms with van der Waals surface area (Å²) >= 11 is 0. The molecule has 0 unspecified atom stereocenters. The Hall–Kier alpha value is -2.49. The van der Waals surface area contributed by atoms with Gasteiger partial charge in [0.2, 0.25) is 0 Å². The maximum atomic E-state index is 11.5. The van der Waals surface area contributed by atoms with Crippen LogP contribution >= 0.6 is 0 Å². The number of hydrogen-bond acceptors (Lipinski definition) is 4. The predicted molar refractivity (Wildman–Crippen MR) is 108 cm³/mol. The van der Waals surface area contributed by atoms with Crippen molar-refractivity contribution in [1.82, 2.24) is 0 Å². The van der Waals surface area contributed by atoms with Crippen molar-refractivity contribution in [2.45, 2.75) is 47.0 Å². The number of benzene rings is 2. The molecule has 0 aliphatic heterocycles. The van der Waals surface area contributed by atoms with Gasteiger partial charge in [-0.2, -0.15) is 0 Å². The van der Waals surface area contributed by atoms with Crippen molar-refractivity contribution in [1.29, 1.82) is 0 Å². The molecule has 0 spiro atoms. The Kier molecular flexibility index (Phi) is 7.28. The second-order valence-electron chi connectivity index (χ2n) is 6.72. The zero-order valence-electron chi connectivity index (χ0n) is 17.3. The number of methoxy groups -OCH3 is 2. The Labute approximate surface area is 162 Å². The van der Waals surface area contributed by atoms with E-state index in [1.54, 1.807) is 14.2 Å². The van der Waals surface area contributed by atoms with E-state index in [-0.39, 0.29) is 5.97 Å². The smallest absolute Gasteiger partial charge is 0.306 e. The average molecular weight is 370 g/mol. The number of esters is 1. The molecule has 0 bridgehead atoms. The summed E-state index contributed by atoms with van der Waals surface area (Å²) in [6.45, 7) is 8.46. The Bertz CT molecular complexity index is 791. The van der Waals surface area contributed by atoms with Gasteiger partial charge in [-0.05, 0) is 61.9 Å². The van der Waals surface area contributed by atoms with E-state index < -0.39 is 0 Å². The molecule has 2 aromatic rings. The van der Waals surface area contributed by atoms with Crippen LogP contribution < -0.4 is 9.47 Å². The number of carbonyl (C=O) groups is 1. The van der Waals surface area contributed by atoms with Gasteiger partial charge in [0.1, 0.15) is 11.5 Å². The van der Waals surface area contributed by atoms with E-state index in [0.717, 1.165) is 45.7 Å². The highest BCUT2D eigenvalue weighted by Gasteiger charge is 2.18. The molecule has 0 saturated carbocycles. The number of hydrogen-bond donors (Lipinski definition) is 0. The maximum Gasteiger partial charge on any atom is 0.306 e. The van der Waals surface area contributed by atoms with Crippen molar-refractivity contribution in [3.63, 3.8) is 0 Å². The molecule has 0 radical (unpaired) electrons. The lowest BCUT2D eigenvalue weighted by molar-refractivity contribution is -0.143. The fourth-order valence-electron chi connectivity index (χ4n) is 3.46. The molecule has 0 atom stereocenters. The van der Waals surface area contributed by atoms with Gasteiger partial charge < -0.3 is 14.2 Å². The van der Waals surface area contributed by atoms with E-state index in [2.05, 4.69) is 45.0 Å². The van der Waals surface area contributed by atoms with Gasteiger partial charge in [-0.25, -0.2) is 0 Å². The molecule has 0 aromatic heterocycles. The van der Waals surface area contributed by atoms with Crippen molar-refractivity contribution < 1.29 is 19.0 Å². The van der Waals surface area contributed by atoms with Crippen molar-refractivity contribution >= 4 is 5.97 Å². The quantitative estimate of drug-likeness (QED) is 0.631. The molecule has 4 heteroatoms. The van der Waals surface area contributed by atoms with Gasteiger partial charge in [-0.3, -0.25) is 4.79 Å². The lowest BCUT2D eigenvalue weighted by Gasteiger charge is -2.20. The van der Waals surface area contributed by atoms with E-state index in [1.165, 1.54) is 5.56 Å². The second-order valence-corrected chi connectivity index (χ2v) is 6.72. The van der Waals surface area contributed by atoms with Gasteiger partial charge in [0.15, 0.2) is 0 Å². The summed E-state index contributed by atoms with van der Waals surface area (Å²) in [5.41, 5.74) is 6.82. The molecule has 0 saturated heterocycles. The van der Waals surface area contributed by atoms with Crippen molar-refractivity contribution in [2.24, 2.45) is 0 Å². The minimum atomic E-state index is -0.149. The van der Waals surface area contributed by atoms with E-state index >= 15 is 0 Å². The number of rotatable bonds is 8. The third kappa shape index (κ3) is 4.82. The molecule has 27 heavy (non-hydrogen) atoms. The molecule has 0 aliphatic carbocycles. The van der Waals surface area contributed by atoms with Crippen LogP contribution in [0, 0.1) is 20.8 Å². The van der Waals surface area contributed by atoms with Crippen molar-refractivity contribution in [2.75, 3.05) is 20.8 Å². The van der Waals surface area contributed by atoms with Crippen LogP contribution in [0.25, 0.3) is 0 Å². The van der Waals surface area contributed by atoms with Gasteiger partial charge in [0, 0.05) is 18.4 Å². The van der Waals surface area contributed by atoms with Crippen LogP contribution in [0.3, 0.4) is 0 Å². The van der Waals surface area contributed by atoms with Crippen LogP contribution in [-0.4, -0.2) is 26.8 Å². The molecule has 2 rings (SSSR count). The molecule has 0 amide bonds. The van der Waals surface area contributed by atoms with Gasteiger partial charge in [-0.15, -0.1) is 0 Å². The molecule has 0 N–H and O–H groups in total. The fourth-order valence-corrected chi connectivity index (χ4v) is 3.46. The average Bonchev–Trinajstić information content (AvgIpc) is 2.66. The Morgan fingerprint density at radius 3 is 1.96 bits per heavy atom. The van der Waals surface area contributed by atoms with E-state index in [0.29, 0.717) is 19.4 Å². The Morgan fingerprint density at radius 1 is 0.852 bits per heavy atom. The topological polar surface area (TPSA) is 44.8 Å². The summed E-state index contributed by atoms with van der Waals surface area (Å²) in [7, 11) is 3.43. The lowest BCUT2D eigenvalue weighted by atomic mass is 9.92. The molecule has 0 aliphatic rings. The Morgan fingerprint density at radius 2 is 1.41 bits per heavy atom. The summed E-state index contributed by atoms with van der Waals surface area (Å²) in [5, 5.41) is 0. The number of aryl methyl sites for hydroxylation is 1. The summed E-state index contributed by atoms with van der Waals surface area (Å²) in [4.78, 5) is 11.5. The highest BCUT2D eigenvalue weighted by atomic mass is 16.5. The zero-order valence-corrected chi connectivity index (χ0v) is 17.3. The van der Waals surface area contributed by atoms with Gasteiger partial charge in [-0.1, -0.05) is 24.3 Å². The minimum Gasteiger partial charge on any atom is -0.496 e. The standard InChI is InChI=1S/C23H30O4/c1-7-27-21(24)13-12-18-8-10-19(11-9-18)14-20-17(4)22(25-5)15(2)16(3)23(20)26-6/h8-11H,7,12-14H2,1-6H3. The minimum absolute atomic E-state index is 0.149. The van der Waals surface area contributed by atoms with Gasteiger partial charge in [0.05, 0.1) is 20.8 Å². The van der Waals surface area contributed by atoms with Gasteiger partial charge >= 0.3 is 5.97 Å². The molecule has 0 fully saturated rings. The molecule has 146 valence electrons. The van der Waals surface area contributed by atoms with E-state index in [9.17, 15) is 4.79 Å². The summed E-state index contributed by atoms with van der Waals surface area (Å²) in [6.07, 6.45) is 1.87. The van der Waals surface area contributed by atoms with Gasteiger partial charge in [0.25, 0.3) is 0 Å². The summed E-state index contributed by atoms with van der Waals surface area (Å²) < 4.78 is 16.3. The summed E-state index contributed by atoms with van der Waals surface area (Å²) in [6, 6.07) is 8.38. The monoisotopic (exact) mass is 370 g/mol. The van der Waals surface area contributed by atoms with Crippen LogP contribution in [-0.2, 0) is 22.4 Å². The predicted octanol–water partition coefficient (Wildman–Crippen LogP) is 4.72. The summed E-state index contributed by atoms with van der Waals surface area (Å²) in [5.74, 6) is 1.70. The number of carbonyl (C=O) groups excluding carboxylic acids is 1. The van der Waals surface area contributed by atoms with Crippen molar-refractivity contribution in [3.05, 3.63) is 57.6 Å². The maximum absolute atomic E-state index is 11.5. The van der Waals surface area contributed by atoms with Crippen LogP contribution in [0.5, 0.6) is 11.5 Å². The van der Waals surface area contributed by atoms with Crippen LogP contribution in [0.1, 0.15) is 46.7 Å². The van der Waals surface area contributed by atoms with Crippen LogP contribution in [0.2, 0.25) is 0 Å². The van der Waals surface area contributed by atoms with Crippen molar-refractivity contribution in [3.8, 4) is 11.5 Å². The molecule has 0 heterocycles. The highest BCUT2D eigenvalue weighted by Crippen LogP contribution is 2.38. The third-order valence-electron chi connectivity index (χ3n) is 5.05. The normalized spacial score (nSPS) is 10.6. The van der Waals surface area contributed by atoms with E-state index in [4.69, 9.17) is 14.2 Å². The first-order valence-corrected chi connectivity index (χ1v) is 9.36. The largest absolute Gasteiger partial charge is 0.496 e. The first-order valence-electron chi connectivity index (χ1n) is 9.36. The first kappa shape index (κ1) is 20.8. The number of ether oxygens (including phenoxy) is 3. The third-order valence-corrected chi connectivity index (χ3v) is 5.05. The fraction of sp³-hybridized carbons (Fsp3) is 0.435. The SMILES string of the molecule is CCOC(=O)CCc1ccc(Cc2c(C)c(OC)c(C)c(C)c2OC)cc1. The highest BCUT2D eigenvalue weighted by molar-refractivity contribution is 5.69. The molecular weight excluding hydrogens is 340 g/mol. The lowest BCUT2D eigenvalue weighted by Crippen LogP contribution is -2.05. The molecule has 4 nitrogen and oxygen atoms in total. The molecular formula is C23H30O4. The van der Waals surface area contributed by atoms with Crippen LogP contribution in [0.15, 0.2) is 24.3 Å². The van der Waals surface area contributed by atoms with Crippen LogP contribution in [0.4, 0.5) is 0 Å². The second kappa shape index (κ2) is 9.45. The zero-order chi connectivity index (χ0) is 20.0. The van der Waals surface area contributed by atoms with E-state index in [1.807, 2.05) is 6.92 Å². The Balaban J connectivity index is 2.22. The molecule has 2 aromatic carbocycles. The first-order chi connectivity index (χ1) is 12.9.